The van der Waals surface area contributed by atoms with Crippen molar-refractivity contribution in [3.63, 3.8) is 0 Å². The van der Waals surface area contributed by atoms with Crippen LogP contribution in [-0.4, -0.2) is 34.7 Å². The number of carboxylic acids is 2. The first-order valence-corrected chi connectivity index (χ1v) is 10.1. The molecule has 2 fully saturated rings. The molecule has 26 heavy (non-hydrogen) atoms. The lowest BCUT2D eigenvalue weighted by atomic mass is 9.53. The molecular weight excluding hydrogens is 332 g/mol. The van der Waals surface area contributed by atoms with Gasteiger partial charge in [-0.3, -0.25) is 9.59 Å². The Hall–Kier alpha value is -1.14. The van der Waals surface area contributed by atoms with Crippen molar-refractivity contribution in [1.82, 2.24) is 0 Å². The Labute approximate surface area is 157 Å². The quantitative estimate of drug-likeness (QED) is 0.494. The van der Waals surface area contributed by atoms with E-state index < -0.39 is 11.9 Å². The van der Waals surface area contributed by atoms with Crippen LogP contribution in [0.2, 0.25) is 0 Å². The molecule has 2 rings (SSSR count). The molecule has 2 saturated carbocycles. The van der Waals surface area contributed by atoms with Crippen LogP contribution >= 0.6 is 0 Å². The molecule has 0 radical (unpaired) electrons. The minimum Gasteiger partial charge on any atom is -0.481 e. The van der Waals surface area contributed by atoms with Gasteiger partial charge in [-0.25, -0.2) is 0 Å². The van der Waals surface area contributed by atoms with Gasteiger partial charge in [0.15, 0.2) is 0 Å². The second-order valence-electron chi connectivity index (χ2n) is 8.53. The van der Waals surface area contributed by atoms with E-state index in [1.54, 1.807) is 0 Å². The van der Waals surface area contributed by atoms with Crippen LogP contribution in [0.4, 0.5) is 0 Å². The van der Waals surface area contributed by atoms with E-state index in [9.17, 15) is 9.59 Å². The van der Waals surface area contributed by atoms with E-state index in [2.05, 4.69) is 13.8 Å². The van der Waals surface area contributed by atoms with Gasteiger partial charge in [-0.05, 0) is 48.5 Å². The van der Waals surface area contributed by atoms with Crippen molar-refractivity contribution in [2.24, 2.45) is 40.6 Å². The summed E-state index contributed by atoms with van der Waals surface area (Å²) in [6.45, 7) is 6.86. The third-order valence-corrected chi connectivity index (χ3v) is 6.75. The summed E-state index contributed by atoms with van der Waals surface area (Å²) in [4.78, 5) is 21.1. The molecule has 0 bridgehead atoms. The minimum absolute atomic E-state index is 0.0347. The molecule has 0 heterocycles. The summed E-state index contributed by atoms with van der Waals surface area (Å²) < 4.78 is 0. The second-order valence-corrected chi connectivity index (χ2v) is 8.53. The Morgan fingerprint density at radius 3 is 2.31 bits per heavy atom. The number of hydrogen-bond acceptors (Lipinski definition) is 4. The molecule has 0 aromatic rings. The molecule has 0 aliphatic heterocycles. The zero-order valence-electron chi connectivity index (χ0n) is 16.6. The average molecular weight is 371 g/mol. The molecule has 0 aromatic carbocycles. The van der Waals surface area contributed by atoms with Crippen LogP contribution < -0.4 is 11.5 Å². The molecule has 0 saturated heterocycles. The van der Waals surface area contributed by atoms with Crippen LogP contribution in [0.1, 0.15) is 72.1 Å². The van der Waals surface area contributed by atoms with Crippen molar-refractivity contribution < 1.29 is 19.8 Å². The third-order valence-electron chi connectivity index (χ3n) is 6.75. The van der Waals surface area contributed by atoms with Crippen LogP contribution in [0.25, 0.3) is 0 Å². The molecule has 6 nitrogen and oxygen atoms in total. The first kappa shape index (κ1) is 22.9. The second kappa shape index (κ2) is 10.3. The van der Waals surface area contributed by atoms with Crippen molar-refractivity contribution >= 4 is 11.9 Å². The monoisotopic (exact) mass is 370 g/mol. The molecule has 0 aromatic heterocycles. The highest BCUT2D eigenvalue weighted by molar-refractivity contribution is 5.68. The largest absolute Gasteiger partial charge is 0.481 e. The molecule has 6 N–H and O–H groups in total. The molecule has 0 unspecified atom stereocenters. The fraction of sp³-hybridized carbons (Fsp3) is 0.900. The van der Waals surface area contributed by atoms with Gasteiger partial charge in [0.1, 0.15) is 0 Å². The summed E-state index contributed by atoms with van der Waals surface area (Å²) in [6.07, 6.45) is 7.44. The van der Waals surface area contributed by atoms with Crippen LogP contribution in [0.5, 0.6) is 0 Å². The molecule has 152 valence electrons. The van der Waals surface area contributed by atoms with Crippen molar-refractivity contribution in [2.75, 3.05) is 6.54 Å². The van der Waals surface area contributed by atoms with Gasteiger partial charge in [-0.15, -0.1) is 0 Å². The molecule has 6 heteroatoms. The van der Waals surface area contributed by atoms with Crippen LogP contribution in [-0.2, 0) is 9.59 Å². The highest BCUT2D eigenvalue weighted by atomic mass is 16.4. The molecule has 2 aliphatic carbocycles. The number of rotatable bonds is 9. The van der Waals surface area contributed by atoms with Gasteiger partial charge in [0.2, 0.25) is 0 Å². The summed E-state index contributed by atoms with van der Waals surface area (Å²) in [5.41, 5.74) is 11.4. The third kappa shape index (κ3) is 5.95. The fourth-order valence-corrected chi connectivity index (χ4v) is 4.94. The summed E-state index contributed by atoms with van der Waals surface area (Å²) >= 11 is 0. The Bertz CT molecular complexity index is 471. The maximum absolute atomic E-state index is 10.7. The summed E-state index contributed by atoms with van der Waals surface area (Å²) in [5, 5.41) is 17.4. The maximum Gasteiger partial charge on any atom is 0.304 e. The summed E-state index contributed by atoms with van der Waals surface area (Å²) in [5.74, 6) is 0.728. The lowest BCUT2D eigenvalue weighted by molar-refractivity contribution is -0.145. The zero-order chi connectivity index (χ0) is 19.9. The molecule has 6 atom stereocenters. The van der Waals surface area contributed by atoms with Crippen molar-refractivity contribution in [2.45, 2.75) is 78.2 Å². The van der Waals surface area contributed by atoms with E-state index in [0.29, 0.717) is 18.4 Å². The number of carbonyl (C=O) groups is 2. The van der Waals surface area contributed by atoms with Gasteiger partial charge in [-0.1, -0.05) is 46.5 Å². The van der Waals surface area contributed by atoms with E-state index in [0.717, 1.165) is 25.2 Å². The number of nitrogens with two attached hydrogens (primary N) is 2. The number of fused-ring (bicyclic) bond motifs is 1. The first-order chi connectivity index (χ1) is 12.2. The van der Waals surface area contributed by atoms with Gasteiger partial charge < -0.3 is 21.7 Å². The van der Waals surface area contributed by atoms with Crippen LogP contribution in [0, 0.1) is 29.1 Å². The molecule has 2 aliphatic rings. The van der Waals surface area contributed by atoms with E-state index in [1.807, 2.05) is 6.92 Å². The lowest BCUT2D eigenvalue weighted by Gasteiger charge is -2.51. The first-order valence-electron chi connectivity index (χ1n) is 10.1. The van der Waals surface area contributed by atoms with Crippen molar-refractivity contribution in [3.05, 3.63) is 0 Å². The van der Waals surface area contributed by atoms with Crippen LogP contribution in [0.15, 0.2) is 0 Å². The number of carboxylic acid groups (broad SMARTS) is 2. The minimum atomic E-state index is -0.803. The predicted molar refractivity (Wildman–Crippen MR) is 103 cm³/mol. The van der Waals surface area contributed by atoms with Gasteiger partial charge >= 0.3 is 11.9 Å². The summed E-state index contributed by atoms with van der Waals surface area (Å²) in [6, 6.07) is -0.209. The van der Waals surface area contributed by atoms with Gasteiger partial charge in [0.25, 0.3) is 0 Å². The van der Waals surface area contributed by atoms with Gasteiger partial charge in [0.05, 0.1) is 12.8 Å². The fourth-order valence-electron chi connectivity index (χ4n) is 4.94. The molecule has 0 spiro atoms. The zero-order valence-corrected chi connectivity index (χ0v) is 16.6. The Morgan fingerprint density at radius 2 is 1.85 bits per heavy atom. The lowest BCUT2D eigenvalue weighted by Crippen LogP contribution is -2.51. The maximum atomic E-state index is 10.7. The predicted octanol–water partition coefficient (Wildman–Crippen LogP) is 3.09. The SMILES string of the molecule is CCC[C@@H](C)[C@@H](C)[C@H](N)CC(=O)O.NC[C@]1(CC(=O)O)C[C@H]2CCC[C@H]21. The van der Waals surface area contributed by atoms with E-state index >= 15 is 0 Å². The van der Waals surface area contributed by atoms with E-state index in [4.69, 9.17) is 21.7 Å². The average Bonchev–Trinajstić information content (AvgIpc) is 2.94. The highest BCUT2D eigenvalue weighted by Gasteiger charge is 2.55. The van der Waals surface area contributed by atoms with Gasteiger partial charge in [-0.2, -0.15) is 0 Å². The Balaban J connectivity index is 0.000000260. The molecular formula is C20H38N2O4. The number of hydrogen-bond donors (Lipinski definition) is 4. The topological polar surface area (TPSA) is 127 Å². The van der Waals surface area contributed by atoms with E-state index in [1.165, 1.54) is 19.3 Å². The molecule has 0 amide bonds. The highest BCUT2D eigenvalue weighted by Crippen LogP contribution is 2.60. The normalized spacial score (nSPS) is 30.2. The smallest absolute Gasteiger partial charge is 0.304 e. The standard InChI is InChI=1S/C10H17NO2.C10H21NO2/c11-6-10(5-9(12)13)4-7-2-1-3-8(7)10;1-4-5-7(2)8(3)9(11)6-10(12)13/h7-8H,1-6,11H2,(H,12,13);7-9H,4-6,11H2,1-3H3,(H,12,13)/t7-,8-,10-;7-,8-,9-/m11/s1. The van der Waals surface area contributed by atoms with Gasteiger partial charge in [0, 0.05) is 6.04 Å². The van der Waals surface area contributed by atoms with Crippen LogP contribution in [0.3, 0.4) is 0 Å². The van der Waals surface area contributed by atoms with Crippen molar-refractivity contribution in [3.8, 4) is 0 Å². The Morgan fingerprint density at radius 1 is 1.19 bits per heavy atom. The number of aliphatic carboxylic acids is 2. The summed E-state index contributed by atoms with van der Waals surface area (Å²) in [7, 11) is 0. The van der Waals surface area contributed by atoms with Crippen molar-refractivity contribution in [1.29, 1.82) is 0 Å². The Kier molecular flexibility index (Phi) is 9.04. The van der Waals surface area contributed by atoms with E-state index in [-0.39, 0.29) is 30.2 Å².